The molecule has 2 aromatic rings. The highest BCUT2D eigenvalue weighted by molar-refractivity contribution is 6.02. The van der Waals surface area contributed by atoms with Crippen molar-refractivity contribution in [2.24, 2.45) is 10.7 Å². The van der Waals surface area contributed by atoms with Gasteiger partial charge in [-0.2, -0.15) is 0 Å². The maximum absolute atomic E-state index is 12.5. The Morgan fingerprint density at radius 2 is 2.14 bits per heavy atom. The van der Waals surface area contributed by atoms with E-state index < -0.39 is 5.54 Å². The fourth-order valence-electron chi connectivity index (χ4n) is 3.10. The largest absolute Gasteiger partial charge is 0.386 e. The number of hydrogen-bond acceptors (Lipinski definition) is 5. The highest BCUT2D eigenvalue weighted by atomic mass is 35.5. The third-order valence-electron chi connectivity index (χ3n) is 4.64. The Kier molecular flexibility index (Phi) is 7.54. The van der Waals surface area contributed by atoms with E-state index >= 15 is 0 Å². The molecular formula is C21H27ClN4O2. The average molecular weight is 403 g/mol. The highest BCUT2D eigenvalue weighted by Crippen LogP contribution is 2.30. The summed E-state index contributed by atoms with van der Waals surface area (Å²) in [6.07, 6.45) is 5.02. The number of aryl methyl sites for hydroxylation is 1. The minimum atomic E-state index is -0.553. The van der Waals surface area contributed by atoms with Gasteiger partial charge in [0.2, 0.25) is 0 Å². The fourth-order valence-corrected chi connectivity index (χ4v) is 3.10. The molecule has 150 valence electrons. The molecule has 1 amide bonds. The number of aliphatic imine (C=N–C) groups is 1. The average Bonchev–Trinajstić information content (AvgIpc) is 2.67. The second-order valence-corrected chi connectivity index (χ2v) is 7.06. The lowest BCUT2D eigenvalue weighted by Crippen LogP contribution is -2.37. The van der Waals surface area contributed by atoms with Gasteiger partial charge < -0.3 is 15.8 Å². The van der Waals surface area contributed by atoms with Gasteiger partial charge in [-0.1, -0.05) is 31.5 Å². The number of unbranched alkanes of at least 4 members (excludes halogenated alkanes) is 1. The Labute approximate surface area is 172 Å². The van der Waals surface area contributed by atoms with Gasteiger partial charge in [-0.15, -0.1) is 12.4 Å². The number of amidine groups is 1. The number of nitrogens with two attached hydrogens (primary N) is 1. The van der Waals surface area contributed by atoms with E-state index in [4.69, 9.17) is 10.5 Å². The van der Waals surface area contributed by atoms with Crippen LogP contribution in [0.5, 0.6) is 0 Å². The third kappa shape index (κ3) is 5.30. The number of nitrogens with zero attached hydrogens (tertiary/aromatic N) is 2. The molecule has 0 saturated heterocycles. The Balaban J connectivity index is 0.00000280. The van der Waals surface area contributed by atoms with Gasteiger partial charge in [-0.05, 0) is 49.1 Å². The SMILES string of the molecule is CCCCc1ccc(C(=O)Nc2cccc(C3(C)COCC(N)=N3)c2)nc1.Cl. The van der Waals surface area contributed by atoms with Gasteiger partial charge in [-0.25, -0.2) is 0 Å². The highest BCUT2D eigenvalue weighted by Gasteiger charge is 2.30. The molecule has 6 nitrogen and oxygen atoms in total. The molecule has 3 N–H and O–H groups in total. The number of benzene rings is 1. The van der Waals surface area contributed by atoms with Gasteiger partial charge in [0.25, 0.3) is 5.91 Å². The summed E-state index contributed by atoms with van der Waals surface area (Å²) in [6, 6.07) is 11.3. The van der Waals surface area contributed by atoms with Crippen LogP contribution in [0.1, 0.15) is 48.3 Å². The molecule has 1 aromatic carbocycles. The number of pyridine rings is 1. The van der Waals surface area contributed by atoms with Crippen molar-refractivity contribution >= 4 is 29.8 Å². The number of anilines is 1. The van der Waals surface area contributed by atoms with E-state index in [0.717, 1.165) is 30.4 Å². The molecule has 0 aliphatic carbocycles. The molecule has 2 heterocycles. The summed E-state index contributed by atoms with van der Waals surface area (Å²) in [4.78, 5) is 21.3. The van der Waals surface area contributed by atoms with Crippen LogP contribution in [0.25, 0.3) is 0 Å². The molecule has 0 bridgehead atoms. The zero-order chi connectivity index (χ0) is 19.3. The Morgan fingerprint density at radius 3 is 2.82 bits per heavy atom. The number of ether oxygens (including phenoxy) is 1. The van der Waals surface area contributed by atoms with Crippen molar-refractivity contribution in [2.75, 3.05) is 18.5 Å². The summed E-state index contributed by atoms with van der Waals surface area (Å²) in [5.41, 5.74) is 8.45. The second-order valence-electron chi connectivity index (χ2n) is 7.06. The van der Waals surface area contributed by atoms with Crippen molar-refractivity contribution in [3.8, 4) is 0 Å². The predicted octanol–water partition coefficient (Wildman–Crippen LogP) is 3.70. The Bertz CT molecular complexity index is 839. The van der Waals surface area contributed by atoms with Crippen LogP contribution in [-0.4, -0.2) is 29.9 Å². The molecule has 0 saturated carbocycles. The summed E-state index contributed by atoms with van der Waals surface area (Å²) in [5.74, 6) is 0.243. The summed E-state index contributed by atoms with van der Waals surface area (Å²) >= 11 is 0. The van der Waals surface area contributed by atoms with Crippen LogP contribution in [0.4, 0.5) is 5.69 Å². The molecule has 28 heavy (non-hydrogen) atoms. The lowest BCUT2D eigenvalue weighted by Gasteiger charge is -2.30. The fraction of sp³-hybridized carbons (Fsp3) is 0.381. The molecule has 0 fully saturated rings. The number of rotatable bonds is 6. The van der Waals surface area contributed by atoms with Crippen molar-refractivity contribution in [3.05, 3.63) is 59.4 Å². The molecule has 1 aliphatic heterocycles. The molecule has 0 radical (unpaired) electrons. The number of amides is 1. The first-order valence-electron chi connectivity index (χ1n) is 9.29. The molecule has 1 unspecified atom stereocenters. The lowest BCUT2D eigenvalue weighted by atomic mass is 9.92. The second kappa shape index (κ2) is 9.66. The van der Waals surface area contributed by atoms with Crippen molar-refractivity contribution in [1.82, 2.24) is 4.98 Å². The Morgan fingerprint density at radius 1 is 1.32 bits per heavy atom. The minimum Gasteiger partial charge on any atom is -0.386 e. The summed E-state index contributed by atoms with van der Waals surface area (Å²) < 4.78 is 5.53. The summed E-state index contributed by atoms with van der Waals surface area (Å²) in [6.45, 7) is 4.93. The van der Waals surface area contributed by atoms with Crippen LogP contribution >= 0.6 is 12.4 Å². The van der Waals surface area contributed by atoms with Crippen molar-refractivity contribution in [3.63, 3.8) is 0 Å². The standard InChI is InChI=1S/C21H26N4O2.ClH/c1-3-4-6-15-9-10-18(23-12-15)20(26)24-17-8-5-7-16(11-17)21(2)14-27-13-19(22)25-21;/h5,7-12H,3-4,6,13-14H2,1-2H3,(H2,22,25)(H,24,26);1H. The van der Waals surface area contributed by atoms with Crippen molar-refractivity contribution in [2.45, 2.75) is 38.6 Å². The van der Waals surface area contributed by atoms with Crippen LogP contribution in [0, 0.1) is 0 Å². The van der Waals surface area contributed by atoms with Crippen LogP contribution in [0.15, 0.2) is 47.6 Å². The number of nitrogens with one attached hydrogen (secondary N) is 1. The number of aromatic nitrogens is 1. The molecule has 1 atom stereocenters. The van der Waals surface area contributed by atoms with Crippen LogP contribution < -0.4 is 11.1 Å². The first kappa shape index (κ1) is 21.9. The first-order valence-corrected chi connectivity index (χ1v) is 9.29. The van der Waals surface area contributed by atoms with Crippen LogP contribution in [0.3, 0.4) is 0 Å². The van der Waals surface area contributed by atoms with E-state index in [9.17, 15) is 4.79 Å². The molecular weight excluding hydrogens is 376 g/mol. The Hall–Kier alpha value is -2.44. The quantitative estimate of drug-likeness (QED) is 0.770. The maximum Gasteiger partial charge on any atom is 0.274 e. The minimum absolute atomic E-state index is 0. The van der Waals surface area contributed by atoms with Gasteiger partial charge in [0.1, 0.15) is 23.7 Å². The molecule has 3 rings (SSSR count). The third-order valence-corrected chi connectivity index (χ3v) is 4.64. The summed E-state index contributed by atoms with van der Waals surface area (Å²) in [5, 5.41) is 2.91. The number of carbonyl (C=O) groups excluding carboxylic acids is 1. The molecule has 0 spiro atoms. The zero-order valence-electron chi connectivity index (χ0n) is 16.3. The van der Waals surface area contributed by atoms with Gasteiger partial charge in [0.15, 0.2) is 0 Å². The zero-order valence-corrected chi connectivity index (χ0v) is 17.1. The normalized spacial score (nSPS) is 18.7. The van der Waals surface area contributed by atoms with Crippen molar-refractivity contribution in [1.29, 1.82) is 0 Å². The first-order chi connectivity index (χ1) is 13.0. The van der Waals surface area contributed by atoms with E-state index in [-0.39, 0.29) is 18.3 Å². The number of carbonyl (C=O) groups is 1. The van der Waals surface area contributed by atoms with Crippen LogP contribution in [-0.2, 0) is 16.7 Å². The predicted molar refractivity (Wildman–Crippen MR) is 114 cm³/mol. The monoisotopic (exact) mass is 402 g/mol. The van der Waals surface area contributed by atoms with Gasteiger partial charge in [-0.3, -0.25) is 14.8 Å². The number of hydrogen-bond donors (Lipinski definition) is 2. The van der Waals surface area contributed by atoms with E-state index in [1.54, 1.807) is 12.3 Å². The maximum atomic E-state index is 12.5. The topological polar surface area (TPSA) is 89.6 Å². The molecule has 7 heteroatoms. The summed E-state index contributed by atoms with van der Waals surface area (Å²) in [7, 11) is 0. The molecule has 1 aliphatic rings. The van der Waals surface area contributed by atoms with Gasteiger partial charge in [0, 0.05) is 11.9 Å². The van der Waals surface area contributed by atoms with Crippen LogP contribution in [0.2, 0.25) is 0 Å². The smallest absolute Gasteiger partial charge is 0.274 e. The number of halogens is 1. The van der Waals surface area contributed by atoms with E-state index in [1.807, 2.05) is 37.3 Å². The van der Waals surface area contributed by atoms with Gasteiger partial charge in [0.05, 0.1) is 6.61 Å². The van der Waals surface area contributed by atoms with E-state index in [2.05, 4.69) is 22.2 Å². The lowest BCUT2D eigenvalue weighted by molar-refractivity contribution is 0.102. The van der Waals surface area contributed by atoms with Gasteiger partial charge >= 0.3 is 0 Å². The van der Waals surface area contributed by atoms with E-state index in [0.29, 0.717) is 30.4 Å². The van der Waals surface area contributed by atoms with E-state index in [1.165, 1.54) is 0 Å². The molecule has 1 aromatic heterocycles. The van der Waals surface area contributed by atoms with Crippen molar-refractivity contribution < 1.29 is 9.53 Å².